The number of ketones is 1. The number of carbonyl (C=O) groups excluding carboxylic acids is 2. The van der Waals surface area contributed by atoms with Crippen LogP contribution in [0.5, 0.6) is 0 Å². The molecule has 6 nitrogen and oxygen atoms in total. The second-order valence-electron chi connectivity index (χ2n) is 6.80. The fourth-order valence-electron chi connectivity index (χ4n) is 2.82. The average Bonchev–Trinajstić information content (AvgIpc) is 3.11. The first kappa shape index (κ1) is 20.8. The Morgan fingerprint density at radius 3 is 2.31 bits per heavy atom. The molecule has 1 heterocycles. The Morgan fingerprint density at radius 1 is 1.07 bits per heavy atom. The first-order valence-electron chi connectivity index (χ1n) is 9.47. The highest BCUT2D eigenvalue weighted by Crippen LogP contribution is 2.27. The van der Waals surface area contributed by atoms with Gasteiger partial charge in [-0.3, -0.25) is 9.59 Å². The predicted molar refractivity (Wildman–Crippen MR) is 116 cm³/mol. The predicted octanol–water partition coefficient (Wildman–Crippen LogP) is 4.60. The summed E-state index contributed by atoms with van der Waals surface area (Å²) in [5.74, 6) is 0.658. The fraction of sp³-hybridized carbons (Fsp3) is 0.273. The molecule has 1 atom stereocenters. The summed E-state index contributed by atoms with van der Waals surface area (Å²) in [5, 5.41) is 11.9. The molecule has 1 amide bonds. The third-order valence-electron chi connectivity index (χ3n) is 4.55. The Hall–Kier alpha value is -2.93. The van der Waals surface area contributed by atoms with Crippen LogP contribution in [0, 0.1) is 6.92 Å². The molecule has 29 heavy (non-hydrogen) atoms. The van der Waals surface area contributed by atoms with Crippen LogP contribution in [0.2, 0.25) is 0 Å². The number of aromatic nitrogens is 3. The van der Waals surface area contributed by atoms with E-state index in [1.54, 1.807) is 24.3 Å². The van der Waals surface area contributed by atoms with E-state index < -0.39 is 0 Å². The molecule has 0 radical (unpaired) electrons. The largest absolute Gasteiger partial charge is 0.325 e. The SMILES string of the molecule is CCn1c(SC(C)C(=O)Nc2ccc(C(C)=O)cc2)nnc1-c1ccc(C)cc1. The molecule has 0 saturated heterocycles. The maximum absolute atomic E-state index is 12.6. The topological polar surface area (TPSA) is 76.9 Å². The van der Waals surface area contributed by atoms with Crippen molar-refractivity contribution in [3.8, 4) is 11.4 Å². The highest BCUT2D eigenvalue weighted by atomic mass is 32.2. The van der Waals surface area contributed by atoms with E-state index in [0.29, 0.717) is 23.0 Å². The third kappa shape index (κ3) is 4.92. The summed E-state index contributed by atoms with van der Waals surface area (Å²) in [6.45, 7) is 8.14. The average molecular weight is 409 g/mol. The van der Waals surface area contributed by atoms with E-state index in [-0.39, 0.29) is 16.9 Å². The zero-order chi connectivity index (χ0) is 21.0. The third-order valence-corrected chi connectivity index (χ3v) is 5.63. The Kier molecular flexibility index (Phi) is 6.49. The van der Waals surface area contributed by atoms with Gasteiger partial charge < -0.3 is 9.88 Å². The lowest BCUT2D eigenvalue weighted by atomic mass is 10.1. The van der Waals surface area contributed by atoms with Gasteiger partial charge in [0.2, 0.25) is 5.91 Å². The van der Waals surface area contributed by atoms with Gasteiger partial charge in [-0.1, -0.05) is 41.6 Å². The first-order valence-corrected chi connectivity index (χ1v) is 10.4. The van der Waals surface area contributed by atoms with E-state index >= 15 is 0 Å². The summed E-state index contributed by atoms with van der Waals surface area (Å²) in [6, 6.07) is 15.0. The van der Waals surface area contributed by atoms with Gasteiger partial charge in [0, 0.05) is 23.4 Å². The van der Waals surface area contributed by atoms with Crippen molar-refractivity contribution in [2.75, 3.05) is 5.32 Å². The van der Waals surface area contributed by atoms with Crippen LogP contribution >= 0.6 is 11.8 Å². The van der Waals surface area contributed by atoms with Crippen LogP contribution in [0.4, 0.5) is 5.69 Å². The van der Waals surface area contributed by atoms with Crippen molar-refractivity contribution in [2.24, 2.45) is 0 Å². The van der Waals surface area contributed by atoms with Gasteiger partial charge in [0.1, 0.15) is 0 Å². The van der Waals surface area contributed by atoms with Crippen molar-refractivity contribution in [2.45, 2.75) is 44.6 Å². The molecule has 0 spiro atoms. The molecule has 0 fully saturated rings. The standard InChI is InChI=1S/C22H24N4O2S/c1-5-26-20(18-8-6-14(2)7-9-18)24-25-22(26)29-16(4)21(28)23-19-12-10-17(11-13-19)15(3)27/h6-13,16H,5H2,1-4H3,(H,23,28). The minimum Gasteiger partial charge on any atom is -0.325 e. The molecule has 0 aliphatic carbocycles. The number of hydrogen-bond acceptors (Lipinski definition) is 5. The molecule has 0 aliphatic heterocycles. The summed E-state index contributed by atoms with van der Waals surface area (Å²) in [6.07, 6.45) is 0. The summed E-state index contributed by atoms with van der Waals surface area (Å²) >= 11 is 1.37. The Bertz CT molecular complexity index is 1010. The Labute approximate surface area is 174 Å². The number of thioether (sulfide) groups is 1. The molecule has 1 aromatic heterocycles. The van der Waals surface area contributed by atoms with Crippen molar-refractivity contribution in [1.82, 2.24) is 14.8 Å². The van der Waals surface area contributed by atoms with Crippen molar-refractivity contribution < 1.29 is 9.59 Å². The lowest BCUT2D eigenvalue weighted by Gasteiger charge is -2.13. The van der Waals surface area contributed by atoms with Crippen molar-refractivity contribution in [3.05, 3.63) is 59.7 Å². The summed E-state index contributed by atoms with van der Waals surface area (Å²) in [7, 11) is 0. The Balaban J connectivity index is 1.71. The van der Waals surface area contributed by atoms with E-state index in [0.717, 1.165) is 11.4 Å². The minimum absolute atomic E-state index is 0.00455. The van der Waals surface area contributed by atoms with E-state index in [1.807, 2.05) is 49.6 Å². The molecular formula is C22H24N4O2S. The monoisotopic (exact) mass is 408 g/mol. The van der Waals surface area contributed by atoms with Gasteiger partial charge >= 0.3 is 0 Å². The molecule has 1 N–H and O–H groups in total. The van der Waals surface area contributed by atoms with Gasteiger partial charge in [-0.05, 0) is 52.0 Å². The number of nitrogens with one attached hydrogen (secondary N) is 1. The number of benzene rings is 2. The molecule has 0 saturated carbocycles. The van der Waals surface area contributed by atoms with Gasteiger partial charge in [-0.25, -0.2) is 0 Å². The summed E-state index contributed by atoms with van der Waals surface area (Å²) < 4.78 is 2.01. The summed E-state index contributed by atoms with van der Waals surface area (Å²) in [4.78, 5) is 24.0. The van der Waals surface area contributed by atoms with Gasteiger partial charge in [-0.2, -0.15) is 0 Å². The molecule has 0 bridgehead atoms. The first-order chi connectivity index (χ1) is 13.9. The number of anilines is 1. The highest BCUT2D eigenvalue weighted by molar-refractivity contribution is 8.00. The van der Waals surface area contributed by atoms with E-state index in [2.05, 4.69) is 15.5 Å². The number of aryl methyl sites for hydroxylation is 1. The number of rotatable bonds is 7. The van der Waals surface area contributed by atoms with Crippen LogP contribution in [0.1, 0.15) is 36.7 Å². The molecule has 3 rings (SSSR count). The maximum atomic E-state index is 12.6. The summed E-state index contributed by atoms with van der Waals surface area (Å²) in [5.41, 5.74) is 3.46. The second kappa shape index (κ2) is 9.05. The molecule has 1 unspecified atom stereocenters. The molecular weight excluding hydrogens is 384 g/mol. The van der Waals surface area contributed by atoms with E-state index in [1.165, 1.54) is 24.2 Å². The zero-order valence-electron chi connectivity index (χ0n) is 17.0. The van der Waals surface area contributed by atoms with Crippen LogP contribution in [0.15, 0.2) is 53.7 Å². The molecule has 0 aliphatic rings. The second-order valence-corrected chi connectivity index (χ2v) is 8.11. The van der Waals surface area contributed by atoms with E-state index in [4.69, 9.17) is 0 Å². The molecule has 7 heteroatoms. The minimum atomic E-state index is -0.358. The number of hydrogen-bond donors (Lipinski definition) is 1. The number of carbonyl (C=O) groups is 2. The molecule has 2 aromatic carbocycles. The van der Waals surface area contributed by atoms with Crippen LogP contribution in [-0.4, -0.2) is 31.7 Å². The Morgan fingerprint density at radius 2 is 1.72 bits per heavy atom. The van der Waals surface area contributed by atoms with Gasteiger partial charge in [0.15, 0.2) is 16.8 Å². The van der Waals surface area contributed by atoms with Crippen LogP contribution in [-0.2, 0) is 11.3 Å². The quantitative estimate of drug-likeness (QED) is 0.457. The van der Waals surface area contributed by atoms with E-state index in [9.17, 15) is 9.59 Å². The highest BCUT2D eigenvalue weighted by Gasteiger charge is 2.20. The van der Waals surface area contributed by atoms with Gasteiger partial charge in [-0.15, -0.1) is 10.2 Å². The number of nitrogens with zero attached hydrogens (tertiary/aromatic N) is 3. The number of amides is 1. The lowest BCUT2D eigenvalue weighted by Crippen LogP contribution is -2.23. The lowest BCUT2D eigenvalue weighted by molar-refractivity contribution is -0.115. The maximum Gasteiger partial charge on any atom is 0.237 e. The van der Waals surface area contributed by atoms with Crippen molar-refractivity contribution in [3.63, 3.8) is 0 Å². The number of Topliss-reactive ketones (excluding diaryl/α,β-unsaturated/α-hetero) is 1. The molecule has 3 aromatic rings. The van der Waals surface area contributed by atoms with Crippen LogP contribution in [0.3, 0.4) is 0 Å². The van der Waals surface area contributed by atoms with Crippen molar-refractivity contribution >= 4 is 29.1 Å². The fourth-order valence-corrected chi connectivity index (χ4v) is 3.73. The van der Waals surface area contributed by atoms with Crippen LogP contribution in [0.25, 0.3) is 11.4 Å². The zero-order valence-corrected chi connectivity index (χ0v) is 17.8. The van der Waals surface area contributed by atoms with Crippen LogP contribution < -0.4 is 5.32 Å². The molecule has 150 valence electrons. The van der Waals surface area contributed by atoms with Crippen molar-refractivity contribution in [1.29, 1.82) is 0 Å². The normalized spacial score (nSPS) is 11.9. The van der Waals surface area contributed by atoms with Gasteiger partial charge in [0.05, 0.1) is 5.25 Å². The van der Waals surface area contributed by atoms with Gasteiger partial charge in [0.25, 0.3) is 0 Å². The smallest absolute Gasteiger partial charge is 0.237 e.